The van der Waals surface area contributed by atoms with Crippen LogP contribution in [0.25, 0.3) is 0 Å². The predicted molar refractivity (Wildman–Crippen MR) is 66.6 cm³/mol. The molecule has 13 nitrogen and oxygen atoms in total. The summed E-state index contributed by atoms with van der Waals surface area (Å²) in [4.78, 5) is 36.9. The molecule has 130 valence electrons. The molecule has 0 aliphatic heterocycles. The molecule has 0 aromatic rings. The van der Waals surface area contributed by atoms with Crippen molar-refractivity contribution in [3.63, 3.8) is 0 Å². The first-order chi connectivity index (χ1) is 9.83. The molecular weight excluding hydrogens is 373 g/mol. The average Bonchev–Trinajstić information content (AvgIpc) is 2.24. The van der Waals surface area contributed by atoms with E-state index in [2.05, 4.69) is 18.8 Å². The lowest BCUT2D eigenvalue weighted by molar-refractivity contribution is -0.441. The van der Waals surface area contributed by atoms with Gasteiger partial charge in [0.25, 0.3) is 0 Å². The lowest BCUT2D eigenvalue weighted by atomic mass is 9.99. The molecule has 0 aliphatic carbocycles. The van der Waals surface area contributed by atoms with Crippen molar-refractivity contribution in [2.75, 3.05) is 6.61 Å². The van der Waals surface area contributed by atoms with Gasteiger partial charge in [-0.25, -0.2) is 14.4 Å². The first kappa shape index (κ1) is 21.7. The molecule has 0 bridgehead atoms. The van der Waals surface area contributed by atoms with Gasteiger partial charge < -0.3 is 14.9 Å². The number of rotatable bonds is 11. The van der Waals surface area contributed by atoms with Crippen LogP contribution >= 0.6 is 22.8 Å². The molecular formula is C6H14O13P3+. The molecule has 0 radical (unpaired) electrons. The molecule has 0 rings (SSSR count). The number of carboxylic acids is 1. The Morgan fingerprint density at radius 2 is 1.86 bits per heavy atom. The third kappa shape index (κ3) is 8.37. The lowest BCUT2D eigenvalue weighted by Crippen LogP contribution is -2.32. The van der Waals surface area contributed by atoms with E-state index in [1.54, 1.807) is 0 Å². The number of aliphatic carboxylic acids is 1. The van der Waals surface area contributed by atoms with Gasteiger partial charge in [0.15, 0.2) is 0 Å². The molecule has 0 heterocycles. The van der Waals surface area contributed by atoms with E-state index in [1.165, 1.54) is 0 Å². The van der Waals surface area contributed by atoms with Gasteiger partial charge in [-0.15, -0.1) is 0 Å². The van der Waals surface area contributed by atoms with E-state index < -0.39 is 53.8 Å². The minimum Gasteiger partial charge on any atom is -0.481 e. The topological polar surface area (TPSA) is 206 Å². The fourth-order valence-corrected chi connectivity index (χ4v) is 3.43. The van der Waals surface area contributed by atoms with Crippen molar-refractivity contribution in [2.45, 2.75) is 25.4 Å². The molecule has 5 N–H and O–H groups in total. The summed E-state index contributed by atoms with van der Waals surface area (Å²) in [7, 11) is -13.4. The Morgan fingerprint density at radius 1 is 1.32 bits per heavy atom. The van der Waals surface area contributed by atoms with Crippen LogP contribution in [-0.2, 0) is 37.2 Å². The van der Waals surface area contributed by atoms with E-state index in [0.29, 0.717) is 0 Å². The van der Waals surface area contributed by atoms with Crippen molar-refractivity contribution in [1.82, 2.24) is 0 Å². The summed E-state index contributed by atoms with van der Waals surface area (Å²) in [5, 5.41) is 19.7. The molecule has 3 atom stereocenters. The van der Waals surface area contributed by atoms with Crippen LogP contribution in [0.15, 0.2) is 0 Å². The van der Waals surface area contributed by atoms with Crippen LogP contribution in [0.3, 0.4) is 0 Å². The quantitative estimate of drug-likeness (QED) is 0.191. The van der Waals surface area contributed by atoms with Crippen molar-refractivity contribution >= 4 is 28.8 Å². The monoisotopic (exact) mass is 387 g/mol. The molecule has 0 aliphatic rings. The van der Waals surface area contributed by atoms with Gasteiger partial charge in [0.1, 0.15) is 0 Å². The van der Waals surface area contributed by atoms with Gasteiger partial charge >= 0.3 is 28.8 Å². The number of phosphoric ester groups is 1. The number of phosphoric acid groups is 1. The minimum absolute atomic E-state index is 0.549. The molecule has 16 heteroatoms. The molecule has 0 saturated heterocycles. The van der Waals surface area contributed by atoms with Crippen LogP contribution in [0.4, 0.5) is 0 Å². The molecule has 0 aromatic heterocycles. The van der Waals surface area contributed by atoms with Gasteiger partial charge in [0, 0.05) is 6.42 Å². The van der Waals surface area contributed by atoms with Crippen LogP contribution in [0, 0.1) is 0 Å². The molecule has 22 heavy (non-hydrogen) atoms. The van der Waals surface area contributed by atoms with E-state index in [9.17, 15) is 18.5 Å². The number of hydrogen-bond acceptors (Lipinski definition) is 9. The van der Waals surface area contributed by atoms with Crippen LogP contribution in [0.5, 0.6) is 0 Å². The number of carboxylic acid groups (broad SMARTS) is 1. The van der Waals surface area contributed by atoms with Gasteiger partial charge in [-0.05, 0) is 11.5 Å². The maximum atomic E-state index is 11.5. The van der Waals surface area contributed by atoms with Gasteiger partial charge in [-0.3, -0.25) is 13.8 Å². The second-order valence-electron chi connectivity index (χ2n) is 4.06. The molecule has 0 spiro atoms. The number of carbonyl (C=O) groups is 1. The molecule has 0 amide bonds. The normalized spacial score (nSPS) is 18.3. The SMILES string of the molecule is CC(CCOP(=O)(OOO)[P+](=O)O)(CC(=O)O)OP(=O)(O)O. The van der Waals surface area contributed by atoms with E-state index in [1.807, 2.05) is 0 Å². The zero-order chi connectivity index (χ0) is 17.6. The second kappa shape index (κ2) is 8.53. The van der Waals surface area contributed by atoms with E-state index >= 15 is 0 Å². The standard InChI is InChI=1S/C6H13O13P3/c1-6(4-5(7)8,17-21(12,13)14)2-3-16-22(15,19-18-9)20(10)11/h2-4H2,1H3,(H4-,7,8,9,10,11,12,13,14)/p+1. The molecule has 3 unspecified atom stereocenters. The molecule has 0 fully saturated rings. The van der Waals surface area contributed by atoms with E-state index in [0.717, 1.165) is 6.92 Å². The van der Waals surface area contributed by atoms with Crippen molar-refractivity contribution in [3.05, 3.63) is 0 Å². The summed E-state index contributed by atoms with van der Waals surface area (Å²) in [5.41, 5.74) is -1.93. The van der Waals surface area contributed by atoms with Crippen molar-refractivity contribution < 1.29 is 62.3 Å². The highest BCUT2D eigenvalue weighted by Gasteiger charge is 2.51. The van der Waals surface area contributed by atoms with Crippen molar-refractivity contribution in [3.8, 4) is 0 Å². The third-order valence-corrected chi connectivity index (χ3v) is 5.75. The Labute approximate surface area is 124 Å². The van der Waals surface area contributed by atoms with Crippen LogP contribution in [0.1, 0.15) is 19.8 Å². The third-order valence-electron chi connectivity index (χ3n) is 2.09. The summed E-state index contributed by atoms with van der Waals surface area (Å²) < 4.78 is 45.5. The zero-order valence-electron chi connectivity index (χ0n) is 11.0. The Kier molecular flexibility index (Phi) is 8.42. The average molecular weight is 387 g/mol. The van der Waals surface area contributed by atoms with Crippen LogP contribution in [-0.4, -0.2) is 43.2 Å². The second-order valence-corrected chi connectivity index (χ2v) is 9.57. The number of hydrogen-bond donors (Lipinski definition) is 5. The van der Waals surface area contributed by atoms with Gasteiger partial charge in [-0.2, -0.15) is 4.89 Å². The largest absolute Gasteiger partial charge is 0.635 e. The smallest absolute Gasteiger partial charge is 0.481 e. The maximum Gasteiger partial charge on any atom is 0.635 e. The molecule has 0 aromatic carbocycles. The van der Waals surface area contributed by atoms with Gasteiger partial charge in [0.05, 0.1) is 18.6 Å². The fourth-order valence-electron chi connectivity index (χ4n) is 1.29. The fraction of sp³-hybridized carbons (Fsp3) is 0.833. The lowest BCUT2D eigenvalue weighted by Gasteiger charge is -2.27. The van der Waals surface area contributed by atoms with Crippen LogP contribution < -0.4 is 0 Å². The van der Waals surface area contributed by atoms with E-state index in [4.69, 9.17) is 25.0 Å². The summed E-state index contributed by atoms with van der Waals surface area (Å²) in [6.07, 6.45) is -1.40. The van der Waals surface area contributed by atoms with Crippen molar-refractivity contribution in [2.24, 2.45) is 0 Å². The van der Waals surface area contributed by atoms with Gasteiger partial charge in [-0.1, -0.05) is 9.71 Å². The first-order valence-corrected chi connectivity index (χ1v) is 10.2. The minimum atomic E-state index is -5.05. The summed E-state index contributed by atoms with van der Waals surface area (Å²) in [6, 6.07) is 0. The molecule has 0 saturated carbocycles. The van der Waals surface area contributed by atoms with Gasteiger partial charge in [0.2, 0.25) is 0 Å². The Hall–Kier alpha value is -0.290. The predicted octanol–water partition coefficient (Wildman–Crippen LogP) is 1.000. The highest BCUT2D eigenvalue weighted by atomic mass is 32.1. The maximum absolute atomic E-state index is 11.5. The Balaban J connectivity index is 4.90. The summed E-state index contributed by atoms with van der Waals surface area (Å²) in [6.45, 7) is 0.267. The first-order valence-electron chi connectivity index (χ1n) is 5.23. The van der Waals surface area contributed by atoms with Crippen molar-refractivity contribution in [1.29, 1.82) is 0 Å². The zero-order valence-corrected chi connectivity index (χ0v) is 13.6. The Bertz CT molecular complexity index is 498. The summed E-state index contributed by atoms with van der Waals surface area (Å²) in [5.74, 6) is -1.46. The summed E-state index contributed by atoms with van der Waals surface area (Å²) >= 11 is 0. The van der Waals surface area contributed by atoms with Crippen LogP contribution in [0.2, 0.25) is 0 Å². The highest BCUT2D eigenvalue weighted by molar-refractivity contribution is 8.20. The Morgan fingerprint density at radius 3 is 2.23 bits per heavy atom. The van der Waals surface area contributed by atoms with E-state index in [-0.39, 0.29) is 0 Å². The highest BCUT2D eigenvalue weighted by Crippen LogP contribution is 2.68.